The summed E-state index contributed by atoms with van der Waals surface area (Å²) in [7, 11) is 0. The predicted octanol–water partition coefficient (Wildman–Crippen LogP) is 4.46. The SMILES string of the molecule is CCCCC(CC)CCOCCOCCOC(=O)C1CC2CC1C1CC21. The van der Waals surface area contributed by atoms with Crippen LogP contribution in [0.1, 0.15) is 65.2 Å². The number of rotatable bonds is 14. The molecule has 3 fully saturated rings. The fourth-order valence-corrected chi connectivity index (χ4v) is 5.40. The van der Waals surface area contributed by atoms with Crippen molar-refractivity contribution < 1.29 is 19.0 Å². The minimum atomic E-state index is 0.0281. The van der Waals surface area contributed by atoms with Gasteiger partial charge in [0.05, 0.1) is 25.7 Å². The molecule has 6 atom stereocenters. The molecule has 0 aromatic rings. The summed E-state index contributed by atoms with van der Waals surface area (Å²) in [6.45, 7) is 7.43. The van der Waals surface area contributed by atoms with Crippen LogP contribution in [0.15, 0.2) is 0 Å². The maximum absolute atomic E-state index is 12.2. The zero-order valence-electron chi connectivity index (χ0n) is 16.8. The molecule has 4 heteroatoms. The molecular weight excluding hydrogens is 328 g/mol. The van der Waals surface area contributed by atoms with Crippen molar-refractivity contribution in [3.63, 3.8) is 0 Å². The van der Waals surface area contributed by atoms with Gasteiger partial charge in [-0.05, 0) is 55.3 Å². The van der Waals surface area contributed by atoms with E-state index in [9.17, 15) is 4.79 Å². The van der Waals surface area contributed by atoms with Crippen LogP contribution in [0.2, 0.25) is 0 Å². The lowest BCUT2D eigenvalue weighted by atomic mass is 9.89. The number of carbonyl (C=O) groups is 1. The summed E-state index contributed by atoms with van der Waals surface area (Å²) < 4.78 is 16.7. The molecule has 0 spiro atoms. The second-order valence-electron chi connectivity index (χ2n) is 8.66. The molecule has 3 rings (SSSR count). The minimum absolute atomic E-state index is 0.0281. The average Bonchev–Trinajstić information content (AvgIpc) is 3.26. The molecule has 6 unspecified atom stereocenters. The van der Waals surface area contributed by atoms with Crippen LogP contribution in [-0.4, -0.2) is 39.0 Å². The zero-order chi connectivity index (χ0) is 18.4. The molecule has 0 aromatic carbocycles. The highest BCUT2D eigenvalue weighted by Crippen LogP contribution is 2.67. The molecule has 0 aromatic heterocycles. The molecule has 3 aliphatic carbocycles. The molecule has 0 saturated heterocycles. The van der Waals surface area contributed by atoms with E-state index in [0.717, 1.165) is 43.1 Å². The van der Waals surface area contributed by atoms with E-state index >= 15 is 0 Å². The van der Waals surface area contributed by atoms with Gasteiger partial charge in [0.2, 0.25) is 0 Å². The van der Waals surface area contributed by atoms with Crippen molar-refractivity contribution in [2.75, 3.05) is 33.0 Å². The Labute approximate surface area is 159 Å². The van der Waals surface area contributed by atoms with Crippen LogP contribution in [0.25, 0.3) is 0 Å². The van der Waals surface area contributed by atoms with Crippen LogP contribution in [-0.2, 0) is 19.0 Å². The molecule has 0 radical (unpaired) electrons. The van der Waals surface area contributed by atoms with Crippen LogP contribution in [0.5, 0.6) is 0 Å². The summed E-state index contributed by atoms with van der Waals surface area (Å²) in [4.78, 5) is 12.2. The number of ether oxygens (including phenoxy) is 3. The second kappa shape index (κ2) is 10.1. The first kappa shape index (κ1) is 20.1. The van der Waals surface area contributed by atoms with Gasteiger partial charge >= 0.3 is 5.97 Å². The fourth-order valence-electron chi connectivity index (χ4n) is 5.40. The van der Waals surface area contributed by atoms with Crippen molar-refractivity contribution in [3.05, 3.63) is 0 Å². The maximum Gasteiger partial charge on any atom is 0.309 e. The highest BCUT2D eigenvalue weighted by molar-refractivity contribution is 5.73. The van der Waals surface area contributed by atoms with Gasteiger partial charge in [-0.3, -0.25) is 4.79 Å². The molecule has 4 nitrogen and oxygen atoms in total. The van der Waals surface area contributed by atoms with E-state index in [1.807, 2.05) is 0 Å². The first-order valence-corrected chi connectivity index (χ1v) is 11.1. The number of hydrogen-bond donors (Lipinski definition) is 0. The highest BCUT2D eigenvalue weighted by Gasteiger charge is 2.62. The minimum Gasteiger partial charge on any atom is -0.463 e. The Balaban J connectivity index is 1.13. The number of esters is 1. The molecule has 150 valence electrons. The van der Waals surface area contributed by atoms with Crippen LogP contribution >= 0.6 is 0 Å². The van der Waals surface area contributed by atoms with Crippen molar-refractivity contribution in [1.29, 1.82) is 0 Å². The number of carbonyl (C=O) groups excluding carboxylic acids is 1. The molecule has 3 saturated carbocycles. The maximum atomic E-state index is 12.2. The van der Waals surface area contributed by atoms with Crippen LogP contribution in [0.4, 0.5) is 0 Å². The molecule has 0 aliphatic heterocycles. The summed E-state index contributed by atoms with van der Waals surface area (Å²) >= 11 is 0. The van der Waals surface area contributed by atoms with E-state index in [-0.39, 0.29) is 11.9 Å². The van der Waals surface area contributed by atoms with Crippen molar-refractivity contribution in [2.45, 2.75) is 65.2 Å². The summed E-state index contributed by atoms with van der Waals surface area (Å²) in [5, 5.41) is 0. The van der Waals surface area contributed by atoms with Crippen molar-refractivity contribution in [2.24, 2.45) is 35.5 Å². The standard InChI is InChI=1S/C22H38O4/c1-3-5-6-16(4-2)7-8-24-9-10-25-11-12-26-22(23)21-14-17-13-19(21)20-15-18(17)20/h16-21H,3-15H2,1-2H3. The van der Waals surface area contributed by atoms with Gasteiger partial charge in [-0.1, -0.05) is 39.5 Å². The van der Waals surface area contributed by atoms with E-state index in [1.54, 1.807) is 0 Å². The third kappa shape index (κ3) is 5.22. The number of hydrogen-bond acceptors (Lipinski definition) is 4. The van der Waals surface area contributed by atoms with Gasteiger partial charge in [0.25, 0.3) is 0 Å². The van der Waals surface area contributed by atoms with Crippen molar-refractivity contribution in [1.82, 2.24) is 0 Å². The Hall–Kier alpha value is -0.610. The van der Waals surface area contributed by atoms with E-state index in [0.29, 0.717) is 32.3 Å². The van der Waals surface area contributed by atoms with Crippen LogP contribution in [0.3, 0.4) is 0 Å². The smallest absolute Gasteiger partial charge is 0.309 e. The average molecular weight is 367 g/mol. The first-order chi connectivity index (χ1) is 12.7. The third-order valence-electron chi connectivity index (χ3n) is 7.06. The van der Waals surface area contributed by atoms with Crippen molar-refractivity contribution >= 4 is 5.97 Å². The quantitative estimate of drug-likeness (QED) is 0.336. The Kier molecular flexibility index (Phi) is 7.80. The van der Waals surface area contributed by atoms with E-state index < -0.39 is 0 Å². The first-order valence-electron chi connectivity index (χ1n) is 11.1. The van der Waals surface area contributed by atoms with Gasteiger partial charge in [0.15, 0.2) is 0 Å². The monoisotopic (exact) mass is 366 g/mol. The zero-order valence-corrected chi connectivity index (χ0v) is 16.8. The Morgan fingerprint density at radius 1 is 0.885 bits per heavy atom. The predicted molar refractivity (Wildman–Crippen MR) is 102 cm³/mol. The molecule has 2 bridgehead atoms. The summed E-state index contributed by atoms with van der Waals surface area (Å²) in [5.41, 5.74) is 0. The van der Waals surface area contributed by atoms with E-state index in [2.05, 4.69) is 13.8 Å². The van der Waals surface area contributed by atoms with Crippen molar-refractivity contribution in [3.8, 4) is 0 Å². The Morgan fingerprint density at radius 2 is 1.65 bits per heavy atom. The van der Waals surface area contributed by atoms with Gasteiger partial charge in [-0.15, -0.1) is 0 Å². The van der Waals surface area contributed by atoms with E-state index in [1.165, 1.54) is 38.5 Å². The summed E-state index contributed by atoms with van der Waals surface area (Å²) in [6, 6.07) is 0. The second-order valence-corrected chi connectivity index (χ2v) is 8.66. The van der Waals surface area contributed by atoms with Gasteiger partial charge in [0.1, 0.15) is 6.61 Å². The lowest BCUT2D eigenvalue weighted by Gasteiger charge is -2.19. The lowest BCUT2D eigenvalue weighted by Crippen LogP contribution is -2.26. The van der Waals surface area contributed by atoms with Crippen LogP contribution in [0, 0.1) is 35.5 Å². The Bertz CT molecular complexity index is 438. The third-order valence-corrected chi connectivity index (χ3v) is 7.06. The normalized spacial score (nSPS) is 32.5. The molecule has 0 N–H and O–H groups in total. The van der Waals surface area contributed by atoms with Gasteiger partial charge in [-0.25, -0.2) is 0 Å². The van der Waals surface area contributed by atoms with Gasteiger partial charge in [0, 0.05) is 6.61 Å². The fraction of sp³-hybridized carbons (Fsp3) is 0.955. The van der Waals surface area contributed by atoms with Gasteiger partial charge < -0.3 is 14.2 Å². The Morgan fingerprint density at radius 3 is 2.35 bits per heavy atom. The summed E-state index contributed by atoms with van der Waals surface area (Å²) in [5.74, 6) is 4.29. The topological polar surface area (TPSA) is 44.8 Å². The molecule has 26 heavy (non-hydrogen) atoms. The lowest BCUT2D eigenvalue weighted by molar-refractivity contribution is -0.152. The number of unbranched alkanes of at least 4 members (excludes halogenated alkanes) is 1. The largest absolute Gasteiger partial charge is 0.463 e. The number of fused-ring (bicyclic) bond motifs is 5. The molecule has 0 amide bonds. The van der Waals surface area contributed by atoms with Crippen LogP contribution < -0.4 is 0 Å². The van der Waals surface area contributed by atoms with E-state index in [4.69, 9.17) is 14.2 Å². The van der Waals surface area contributed by atoms with Gasteiger partial charge in [-0.2, -0.15) is 0 Å². The molecule has 3 aliphatic rings. The highest BCUT2D eigenvalue weighted by atomic mass is 16.6. The molecule has 0 heterocycles. The summed E-state index contributed by atoms with van der Waals surface area (Å²) in [6.07, 6.45) is 10.1. The molecular formula is C22H38O4.